The fraction of sp³-hybridized carbons (Fsp3) is 0.304. The first-order valence-electron chi connectivity index (χ1n) is 10.5. The number of carbonyl (C=O) groups excluding carboxylic acids is 2. The van der Waals surface area contributed by atoms with Crippen LogP contribution in [-0.4, -0.2) is 38.8 Å². The quantitative estimate of drug-likeness (QED) is 0.404. The molecule has 2 heterocycles. The summed E-state index contributed by atoms with van der Waals surface area (Å²) in [5.74, 6) is 1.23. The van der Waals surface area contributed by atoms with Crippen molar-refractivity contribution >= 4 is 40.7 Å². The summed E-state index contributed by atoms with van der Waals surface area (Å²) in [6, 6.07) is 13.0. The van der Waals surface area contributed by atoms with Gasteiger partial charge in [-0.25, -0.2) is 0 Å². The predicted octanol–water partition coefficient (Wildman–Crippen LogP) is 5.02. The SMILES string of the molecule is O=C1COc2ccc(C(=O)CSc3nnc(-c4ccccc4Cl)n3C3CCCC3)cc2N1. The summed E-state index contributed by atoms with van der Waals surface area (Å²) in [7, 11) is 0. The van der Waals surface area contributed by atoms with E-state index in [0.29, 0.717) is 28.1 Å². The van der Waals surface area contributed by atoms with Crippen molar-refractivity contribution in [2.45, 2.75) is 36.9 Å². The van der Waals surface area contributed by atoms with Crippen LogP contribution in [0.1, 0.15) is 42.1 Å². The number of nitrogens with zero attached hydrogens (tertiary/aromatic N) is 3. The van der Waals surface area contributed by atoms with Gasteiger partial charge in [-0.05, 0) is 43.2 Å². The molecule has 5 rings (SSSR count). The maximum atomic E-state index is 12.9. The molecule has 7 nitrogen and oxygen atoms in total. The summed E-state index contributed by atoms with van der Waals surface area (Å²) in [6.07, 6.45) is 4.44. The molecule has 0 radical (unpaired) electrons. The number of carbonyl (C=O) groups is 2. The molecule has 164 valence electrons. The second-order valence-electron chi connectivity index (χ2n) is 7.85. The van der Waals surface area contributed by atoms with Crippen LogP contribution in [0.3, 0.4) is 0 Å². The van der Waals surface area contributed by atoms with E-state index < -0.39 is 0 Å². The minimum absolute atomic E-state index is 0.0132. The van der Waals surface area contributed by atoms with Gasteiger partial charge in [0.15, 0.2) is 23.4 Å². The van der Waals surface area contributed by atoms with Crippen molar-refractivity contribution in [2.24, 2.45) is 0 Å². The van der Waals surface area contributed by atoms with E-state index in [-0.39, 0.29) is 24.1 Å². The number of hydrogen-bond donors (Lipinski definition) is 1. The Morgan fingerprint density at radius 2 is 2.00 bits per heavy atom. The van der Waals surface area contributed by atoms with Crippen LogP contribution in [0, 0.1) is 0 Å². The number of amides is 1. The van der Waals surface area contributed by atoms with E-state index in [4.69, 9.17) is 16.3 Å². The minimum atomic E-state index is -0.228. The fourth-order valence-electron chi connectivity index (χ4n) is 4.16. The number of ether oxygens (including phenoxy) is 1. The lowest BCUT2D eigenvalue weighted by molar-refractivity contribution is -0.118. The van der Waals surface area contributed by atoms with Crippen molar-refractivity contribution in [3.8, 4) is 17.1 Å². The van der Waals surface area contributed by atoms with Gasteiger partial charge in [0, 0.05) is 17.2 Å². The molecule has 9 heteroatoms. The van der Waals surface area contributed by atoms with Crippen molar-refractivity contribution in [3.05, 3.63) is 53.1 Å². The molecule has 1 amide bonds. The van der Waals surface area contributed by atoms with Crippen LogP contribution < -0.4 is 10.1 Å². The van der Waals surface area contributed by atoms with E-state index in [0.717, 1.165) is 42.2 Å². The Balaban J connectivity index is 1.39. The standard InChI is InChI=1S/C23H21ClN4O3S/c24-17-8-4-3-7-16(17)22-26-27-23(28(22)15-5-1-2-6-15)32-13-19(29)14-9-10-20-18(11-14)25-21(30)12-31-20/h3-4,7-11,15H,1-2,5-6,12-13H2,(H,25,30). The summed E-state index contributed by atoms with van der Waals surface area (Å²) in [6.45, 7) is -0.0132. The zero-order valence-electron chi connectivity index (χ0n) is 17.2. The number of thioether (sulfide) groups is 1. The highest BCUT2D eigenvalue weighted by Crippen LogP contribution is 2.38. The molecule has 2 aliphatic rings. The Bertz CT molecular complexity index is 1190. The highest BCUT2D eigenvalue weighted by molar-refractivity contribution is 7.99. The van der Waals surface area contributed by atoms with Crippen LogP contribution in [-0.2, 0) is 4.79 Å². The van der Waals surface area contributed by atoms with Gasteiger partial charge in [0.25, 0.3) is 5.91 Å². The summed E-state index contributed by atoms with van der Waals surface area (Å²) < 4.78 is 7.51. The molecule has 0 saturated heterocycles. The van der Waals surface area contributed by atoms with Gasteiger partial charge < -0.3 is 10.1 Å². The average Bonchev–Trinajstić information content (AvgIpc) is 3.47. The van der Waals surface area contributed by atoms with E-state index in [1.807, 2.05) is 24.3 Å². The van der Waals surface area contributed by atoms with Gasteiger partial charge in [-0.3, -0.25) is 14.2 Å². The number of benzene rings is 2. The lowest BCUT2D eigenvalue weighted by Gasteiger charge is -2.18. The van der Waals surface area contributed by atoms with Gasteiger partial charge >= 0.3 is 0 Å². The Kier molecular flexibility index (Phi) is 5.89. The molecule has 32 heavy (non-hydrogen) atoms. The van der Waals surface area contributed by atoms with Crippen molar-refractivity contribution in [3.63, 3.8) is 0 Å². The number of ketones is 1. The monoisotopic (exact) mass is 468 g/mol. The topological polar surface area (TPSA) is 86.1 Å². The average molecular weight is 469 g/mol. The number of hydrogen-bond acceptors (Lipinski definition) is 6. The molecule has 1 aromatic heterocycles. The molecular weight excluding hydrogens is 448 g/mol. The summed E-state index contributed by atoms with van der Waals surface area (Å²) >= 11 is 7.81. The van der Waals surface area contributed by atoms with Crippen LogP contribution in [0.15, 0.2) is 47.6 Å². The maximum Gasteiger partial charge on any atom is 0.262 e. The van der Waals surface area contributed by atoms with Crippen LogP contribution in [0.5, 0.6) is 5.75 Å². The number of fused-ring (bicyclic) bond motifs is 1. The van der Waals surface area contributed by atoms with Crippen molar-refractivity contribution in [1.82, 2.24) is 14.8 Å². The molecule has 0 bridgehead atoms. The lowest BCUT2D eigenvalue weighted by atomic mass is 10.1. The molecule has 1 N–H and O–H groups in total. The molecule has 1 aliphatic heterocycles. The highest BCUT2D eigenvalue weighted by atomic mass is 35.5. The number of Topliss-reactive ketones (excluding diaryl/α,β-unsaturated/α-hetero) is 1. The predicted molar refractivity (Wildman–Crippen MR) is 124 cm³/mol. The van der Waals surface area contributed by atoms with E-state index in [1.54, 1.807) is 18.2 Å². The van der Waals surface area contributed by atoms with E-state index in [9.17, 15) is 9.59 Å². The Morgan fingerprint density at radius 3 is 2.81 bits per heavy atom. The first-order valence-corrected chi connectivity index (χ1v) is 11.9. The summed E-state index contributed by atoms with van der Waals surface area (Å²) in [5.41, 5.74) is 1.88. The van der Waals surface area contributed by atoms with Gasteiger partial charge in [-0.2, -0.15) is 0 Å². The van der Waals surface area contributed by atoms with E-state index >= 15 is 0 Å². The molecule has 0 spiro atoms. The number of halogens is 1. The van der Waals surface area contributed by atoms with Crippen LogP contribution >= 0.6 is 23.4 Å². The summed E-state index contributed by atoms with van der Waals surface area (Å²) in [4.78, 5) is 24.5. The second-order valence-corrected chi connectivity index (χ2v) is 9.20. The van der Waals surface area contributed by atoms with Gasteiger partial charge in [0.1, 0.15) is 5.75 Å². The molecule has 2 aromatic carbocycles. The zero-order valence-corrected chi connectivity index (χ0v) is 18.8. The number of nitrogens with one attached hydrogen (secondary N) is 1. The Hall–Kier alpha value is -2.84. The normalized spacial score (nSPS) is 15.8. The lowest BCUT2D eigenvalue weighted by Crippen LogP contribution is -2.25. The smallest absolute Gasteiger partial charge is 0.262 e. The molecule has 1 aliphatic carbocycles. The summed E-state index contributed by atoms with van der Waals surface area (Å²) in [5, 5.41) is 12.9. The van der Waals surface area contributed by atoms with Crippen LogP contribution in [0.4, 0.5) is 5.69 Å². The molecule has 0 unspecified atom stereocenters. The van der Waals surface area contributed by atoms with Gasteiger partial charge in [-0.15, -0.1) is 10.2 Å². The zero-order chi connectivity index (χ0) is 22.1. The van der Waals surface area contributed by atoms with E-state index in [1.165, 1.54) is 11.8 Å². The van der Waals surface area contributed by atoms with E-state index in [2.05, 4.69) is 20.1 Å². The molecule has 0 atom stereocenters. The molecule has 1 saturated carbocycles. The third-order valence-corrected chi connectivity index (χ3v) is 7.01. The van der Waals surface area contributed by atoms with Gasteiger partial charge in [0.2, 0.25) is 0 Å². The van der Waals surface area contributed by atoms with Crippen LogP contribution in [0.25, 0.3) is 11.4 Å². The Morgan fingerprint density at radius 1 is 1.19 bits per heavy atom. The maximum absolute atomic E-state index is 12.9. The number of aromatic nitrogens is 3. The number of anilines is 1. The van der Waals surface area contributed by atoms with Crippen LogP contribution in [0.2, 0.25) is 5.02 Å². The number of rotatable bonds is 6. The fourth-order valence-corrected chi connectivity index (χ4v) is 5.28. The molecule has 3 aromatic rings. The third-order valence-electron chi connectivity index (χ3n) is 5.74. The largest absolute Gasteiger partial charge is 0.482 e. The van der Waals surface area contributed by atoms with Crippen molar-refractivity contribution in [2.75, 3.05) is 17.7 Å². The van der Waals surface area contributed by atoms with Crippen molar-refractivity contribution in [1.29, 1.82) is 0 Å². The third kappa shape index (κ3) is 4.12. The first-order chi connectivity index (χ1) is 15.6. The minimum Gasteiger partial charge on any atom is -0.482 e. The molecule has 1 fully saturated rings. The van der Waals surface area contributed by atoms with Gasteiger partial charge in [0.05, 0.1) is 16.5 Å². The second kappa shape index (κ2) is 8.96. The Labute approximate surface area is 194 Å². The van der Waals surface area contributed by atoms with Gasteiger partial charge in [-0.1, -0.05) is 48.3 Å². The first kappa shape index (κ1) is 21.0. The highest BCUT2D eigenvalue weighted by Gasteiger charge is 2.26. The van der Waals surface area contributed by atoms with Crippen molar-refractivity contribution < 1.29 is 14.3 Å². The molecular formula is C23H21ClN4O3S.